The molecule has 0 aromatic heterocycles. The maximum absolute atomic E-state index is 2.48. The second-order valence-electron chi connectivity index (χ2n) is 4.72. The van der Waals surface area contributed by atoms with Crippen LogP contribution in [0.4, 0.5) is 0 Å². The molecule has 1 aliphatic heterocycles. The molecule has 0 bridgehead atoms. The van der Waals surface area contributed by atoms with Crippen molar-refractivity contribution in [1.82, 2.24) is 0 Å². The second kappa shape index (κ2) is 3.17. The zero-order chi connectivity index (χ0) is 9.60. The van der Waals surface area contributed by atoms with Crippen LogP contribution in [0.1, 0.15) is 19.8 Å². The molecule has 3 aliphatic rings. The minimum atomic E-state index is -1.89. The molecule has 0 amide bonds. The van der Waals surface area contributed by atoms with Crippen LogP contribution in [0.5, 0.6) is 0 Å². The first kappa shape index (κ1) is 9.10. The Labute approximate surface area is 90.5 Å². The van der Waals surface area contributed by atoms with Crippen LogP contribution < -0.4 is 0 Å². The van der Waals surface area contributed by atoms with E-state index in [-0.39, 0.29) is 0 Å². The number of hydrogen-bond donors (Lipinski definition) is 0. The van der Waals surface area contributed by atoms with E-state index in [9.17, 15) is 0 Å². The quantitative estimate of drug-likeness (QED) is 0.704. The summed E-state index contributed by atoms with van der Waals surface area (Å²) in [6.07, 6.45) is 16.6. The number of hydrogen-bond acceptors (Lipinski definition) is 0. The molecule has 0 aromatic rings. The molecule has 0 nitrogen and oxygen atoms in total. The van der Waals surface area contributed by atoms with Gasteiger partial charge in [-0.3, -0.25) is 0 Å². The molecule has 3 rings (SSSR count). The molecule has 72 valence electrons. The minimum absolute atomic E-state index is 1.07. The Hall–Kier alpha value is -0.157. The molecule has 2 aliphatic carbocycles. The maximum atomic E-state index is 2.48. The fourth-order valence-electron chi connectivity index (χ4n) is 3.08. The van der Waals surface area contributed by atoms with Gasteiger partial charge >= 0.3 is 90.8 Å². The van der Waals surface area contributed by atoms with Crippen molar-refractivity contribution in [3.8, 4) is 0 Å². The first-order valence-corrected chi connectivity index (χ1v) is 11.2. The third kappa shape index (κ3) is 1.15. The zero-order valence-corrected chi connectivity index (χ0v) is 11.1. The Morgan fingerprint density at radius 2 is 1.57 bits per heavy atom. The van der Waals surface area contributed by atoms with Crippen molar-refractivity contribution in [3.63, 3.8) is 0 Å². The van der Waals surface area contributed by atoms with Gasteiger partial charge in [0, 0.05) is 0 Å². The average molecular weight is 263 g/mol. The monoisotopic (exact) mass is 262 g/mol. The van der Waals surface area contributed by atoms with Gasteiger partial charge in [-0.1, -0.05) is 0 Å². The predicted octanol–water partition coefficient (Wildman–Crippen LogP) is 4.07. The normalized spacial score (nSPS) is 31.9. The standard InChI is InChI=1S/2C5H5.C3H6.Zr/c2*1-2-4-5-3-1;1-3-2;/h2*1-3H,4H2;3H,1H2,2H3;. The molecule has 0 N–H and O–H groups in total. The van der Waals surface area contributed by atoms with Crippen LogP contribution in [0, 0.1) is 0 Å². The van der Waals surface area contributed by atoms with E-state index < -0.39 is 20.3 Å². The van der Waals surface area contributed by atoms with E-state index in [4.69, 9.17) is 0 Å². The Morgan fingerprint density at radius 3 is 1.86 bits per heavy atom. The summed E-state index contributed by atoms with van der Waals surface area (Å²) in [5.41, 5.74) is 0. The van der Waals surface area contributed by atoms with Gasteiger partial charge in [0.2, 0.25) is 0 Å². The molecule has 0 spiro atoms. The predicted molar refractivity (Wildman–Crippen MR) is 57.9 cm³/mol. The average Bonchev–Trinajstić information content (AvgIpc) is 2.78. The van der Waals surface area contributed by atoms with Crippen molar-refractivity contribution in [1.29, 1.82) is 0 Å². The van der Waals surface area contributed by atoms with Crippen LogP contribution in [0.2, 0.25) is 7.75 Å². The van der Waals surface area contributed by atoms with E-state index in [1.165, 1.54) is 12.8 Å². The van der Waals surface area contributed by atoms with E-state index in [1.807, 2.05) is 6.56 Å². The molecule has 1 atom stereocenters. The summed E-state index contributed by atoms with van der Waals surface area (Å²) in [4.78, 5) is 0. The SMILES string of the molecule is C[CH]1[CH2][Zr]1([C]1=CC=CC1)[C]1=CC=CC1. The van der Waals surface area contributed by atoms with Gasteiger partial charge in [0.15, 0.2) is 0 Å². The fourth-order valence-corrected chi connectivity index (χ4v) is 17.9. The number of rotatable bonds is 2. The summed E-state index contributed by atoms with van der Waals surface area (Å²) in [7, 11) is 0. The Kier molecular flexibility index (Phi) is 2.06. The Balaban J connectivity index is 1.93. The third-order valence-electron chi connectivity index (χ3n) is 4.00. The van der Waals surface area contributed by atoms with E-state index in [0.29, 0.717) is 0 Å². The van der Waals surface area contributed by atoms with Crippen LogP contribution >= 0.6 is 0 Å². The molecule has 14 heavy (non-hydrogen) atoms. The van der Waals surface area contributed by atoms with Crippen LogP contribution in [-0.4, -0.2) is 0 Å². The molecule has 1 heteroatoms. The molecule has 0 aromatic carbocycles. The first-order valence-electron chi connectivity index (χ1n) is 5.56. The molecule has 0 saturated carbocycles. The van der Waals surface area contributed by atoms with Crippen LogP contribution in [0.25, 0.3) is 0 Å². The zero-order valence-electron chi connectivity index (χ0n) is 8.66. The summed E-state index contributed by atoms with van der Waals surface area (Å²) in [5, 5.41) is 0. The van der Waals surface area contributed by atoms with Gasteiger partial charge in [0.25, 0.3) is 0 Å². The molecule has 1 unspecified atom stereocenters. The molecular formula is C13H16Zr. The van der Waals surface area contributed by atoms with Crippen molar-refractivity contribution >= 4 is 0 Å². The Morgan fingerprint density at radius 1 is 1.07 bits per heavy atom. The van der Waals surface area contributed by atoms with Crippen LogP contribution in [0.15, 0.2) is 43.0 Å². The molecule has 1 heterocycles. The molecule has 0 radical (unpaired) electrons. The molecule has 1 saturated heterocycles. The van der Waals surface area contributed by atoms with Crippen molar-refractivity contribution < 1.29 is 20.3 Å². The van der Waals surface area contributed by atoms with Crippen molar-refractivity contribution in [2.45, 2.75) is 27.5 Å². The topological polar surface area (TPSA) is 0 Å². The summed E-state index contributed by atoms with van der Waals surface area (Å²) >= 11 is -1.89. The van der Waals surface area contributed by atoms with Gasteiger partial charge in [0.1, 0.15) is 0 Å². The van der Waals surface area contributed by atoms with Gasteiger partial charge in [-0.15, -0.1) is 0 Å². The molecular weight excluding hydrogens is 247 g/mol. The van der Waals surface area contributed by atoms with E-state index >= 15 is 0 Å². The third-order valence-corrected chi connectivity index (χ3v) is 17.9. The van der Waals surface area contributed by atoms with Gasteiger partial charge < -0.3 is 0 Å². The van der Waals surface area contributed by atoms with Crippen molar-refractivity contribution in [3.05, 3.63) is 43.0 Å². The van der Waals surface area contributed by atoms with Crippen molar-refractivity contribution in [2.75, 3.05) is 0 Å². The van der Waals surface area contributed by atoms with Gasteiger partial charge in [0.05, 0.1) is 0 Å². The number of allylic oxidation sites excluding steroid dienone is 8. The van der Waals surface area contributed by atoms with Crippen LogP contribution in [-0.2, 0) is 20.3 Å². The van der Waals surface area contributed by atoms with Gasteiger partial charge in [-0.25, -0.2) is 0 Å². The van der Waals surface area contributed by atoms with Crippen LogP contribution in [0.3, 0.4) is 0 Å². The second-order valence-corrected chi connectivity index (χ2v) is 16.1. The summed E-state index contributed by atoms with van der Waals surface area (Å²) in [6.45, 7) is 2.48. The fraction of sp³-hybridized carbons (Fsp3) is 0.385. The van der Waals surface area contributed by atoms with Gasteiger partial charge in [-0.05, 0) is 0 Å². The molecule has 1 fully saturated rings. The first-order chi connectivity index (χ1) is 6.84. The Bertz CT molecular complexity index is 352. The van der Waals surface area contributed by atoms with E-state index in [1.54, 1.807) is 4.13 Å². The van der Waals surface area contributed by atoms with Crippen molar-refractivity contribution in [2.24, 2.45) is 0 Å². The van der Waals surface area contributed by atoms with E-state index in [2.05, 4.69) is 43.4 Å². The summed E-state index contributed by atoms with van der Waals surface area (Å²) < 4.78 is 6.38. The van der Waals surface area contributed by atoms with E-state index in [0.717, 1.165) is 3.63 Å². The van der Waals surface area contributed by atoms with Gasteiger partial charge in [-0.2, -0.15) is 0 Å². The summed E-state index contributed by atoms with van der Waals surface area (Å²) in [5.74, 6) is 0. The summed E-state index contributed by atoms with van der Waals surface area (Å²) in [6, 6.07) is 0.